The third-order valence-electron chi connectivity index (χ3n) is 3.22. The largest absolute Gasteiger partial charge is 0.380 e. The molecule has 3 N–H and O–H groups in total. The number of H-pyrrole nitrogens is 1. The molecule has 1 aliphatic heterocycles. The number of rotatable bonds is 4. The second-order valence-electron chi connectivity index (χ2n) is 4.60. The van der Waals surface area contributed by atoms with E-state index in [1.54, 1.807) is 11.3 Å². The predicted molar refractivity (Wildman–Crippen MR) is 67.9 cm³/mol. The van der Waals surface area contributed by atoms with Gasteiger partial charge in [-0.1, -0.05) is 0 Å². The second-order valence-corrected chi connectivity index (χ2v) is 5.54. The molecule has 0 atom stereocenters. The van der Waals surface area contributed by atoms with E-state index in [-0.39, 0.29) is 5.41 Å². The van der Waals surface area contributed by atoms with E-state index >= 15 is 0 Å². The van der Waals surface area contributed by atoms with Crippen molar-refractivity contribution in [2.24, 2.45) is 11.1 Å². The molecular weight excluding hydrogens is 234 g/mol. The third kappa shape index (κ3) is 2.01. The summed E-state index contributed by atoms with van der Waals surface area (Å²) in [5, 5.41) is 3.25. The predicted octanol–water partition coefficient (Wildman–Crippen LogP) is 1.66. The Morgan fingerprint density at radius 1 is 1.53 bits per heavy atom. The zero-order chi connectivity index (χ0) is 11.7. The van der Waals surface area contributed by atoms with E-state index in [9.17, 15) is 0 Å². The summed E-state index contributed by atoms with van der Waals surface area (Å²) >= 11 is 1.70. The molecule has 4 nitrogen and oxygen atoms in total. The van der Waals surface area contributed by atoms with Crippen LogP contribution in [0.15, 0.2) is 23.8 Å². The summed E-state index contributed by atoms with van der Waals surface area (Å²) in [6, 6.07) is 2.03. The average molecular weight is 249 g/mol. The van der Waals surface area contributed by atoms with Gasteiger partial charge in [-0.05, 0) is 6.07 Å². The first-order valence-electron chi connectivity index (χ1n) is 5.67. The van der Waals surface area contributed by atoms with Crippen molar-refractivity contribution in [1.29, 1.82) is 0 Å². The van der Waals surface area contributed by atoms with Crippen molar-refractivity contribution >= 4 is 11.3 Å². The molecule has 0 amide bonds. The second kappa shape index (κ2) is 4.25. The first kappa shape index (κ1) is 11.0. The summed E-state index contributed by atoms with van der Waals surface area (Å²) in [5.41, 5.74) is 8.12. The van der Waals surface area contributed by atoms with Gasteiger partial charge in [-0.15, -0.1) is 11.3 Å². The fourth-order valence-corrected chi connectivity index (χ4v) is 2.99. The summed E-state index contributed by atoms with van der Waals surface area (Å²) in [6.45, 7) is 2.21. The third-order valence-corrected chi connectivity index (χ3v) is 4.07. The standard InChI is InChI=1S/C12H15N3OS/c13-6-12(7-16-8-12)3-11-15-10(5-17-11)9-1-2-14-4-9/h1-2,4-5,14H,3,6-8,13H2. The van der Waals surface area contributed by atoms with Crippen molar-refractivity contribution < 1.29 is 4.74 Å². The molecular formula is C12H15N3OS. The van der Waals surface area contributed by atoms with Crippen LogP contribution in [0.5, 0.6) is 0 Å². The summed E-state index contributed by atoms with van der Waals surface area (Å²) in [5.74, 6) is 0. The highest BCUT2D eigenvalue weighted by Crippen LogP contribution is 2.32. The molecule has 0 bridgehead atoms. The minimum atomic E-state index is 0.132. The molecule has 0 aliphatic carbocycles. The highest BCUT2D eigenvalue weighted by molar-refractivity contribution is 7.09. The fourth-order valence-electron chi connectivity index (χ4n) is 2.01. The smallest absolute Gasteiger partial charge is 0.0940 e. The molecule has 1 saturated heterocycles. The van der Waals surface area contributed by atoms with Crippen LogP contribution in [0.3, 0.4) is 0 Å². The average Bonchev–Trinajstić information content (AvgIpc) is 2.94. The summed E-state index contributed by atoms with van der Waals surface area (Å²) < 4.78 is 5.27. The van der Waals surface area contributed by atoms with Crippen molar-refractivity contribution in [2.45, 2.75) is 6.42 Å². The molecule has 2 aromatic heterocycles. The molecule has 2 aromatic rings. The van der Waals surface area contributed by atoms with E-state index < -0.39 is 0 Å². The van der Waals surface area contributed by atoms with Gasteiger partial charge in [0.25, 0.3) is 0 Å². The Morgan fingerprint density at radius 3 is 3.00 bits per heavy atom. The van der Waals surface area contributed by atoms with Gasteiger partial charge >= 0.3 is 0 Å². The maximum atomic E-state index is 5.81. The molecule has 1 aliphatic rings. The van der Waals surface area contributed by atoms with Gasteiger partial charge in [0.05, 0.1) is 23.9 Å². The summed E-state index contributed by atoms with van der Waals surface area (Å²) in [4.78, 5) is 7.70. The zero-order valence-electron chi connectivity index (χ0n) is 9.48. The van der Waals surface area contributed by atoms with Gasteiger partial charge in [0.15, 0.2) is 0 Å². The van der Waals surface area contributed by atoms with E-state index in [1.807, 2.05) is 18.5 Å². The number of aromatic amines is 1. The SMILES string of the molecule is NCC1(Cc2nc(-c3cc[nH]c3)cs2)COC1. The highest BCUT2D eigenvalue weighted by atomic mass is 32.1. The molecule has 90 valence electrons. The van der Waals surface area contributed by atoms with Crippen LogP contribution in [-0.2, 0) is 11.2 Å². The number of hydrogen-bond acceptors (Lipinski definition) is 4. The van der Waals surface area contributed by atoms with Gasteiger partial charge in [-0.3, -0.25) is 0 Å². The van der Waals surface area contributed by atoms with Crippen LogP contribution in [0.25, 0.3) is 11.3 Å². The van der Waals surface area contributed by atoms with Crippen molar-refractivity contribution in [1.82, 2.24) is 9.97 Å². The van der Waals surface area contributed by atoms with Crippen molar-refractivity contribution in [3.63, 3.8) is 0 Å². The molecule has 5 heteroatoms. The van der Waals surface area contributed by atoms with Crippen molar-refractivity contribution in [2.75, 3.05) is 19.8 Å². The topological polar surface area (TPSA) is 63.9 Å². The molecule has 3 heterocycles. The number of hydrogen-bond donors (Lipinski definition) is 2. The van der Waals surface area contributed by atoms with E-state index in [2.05, 4.69) is 15.3 Å². The van der Waals surface area contributed by atoms with Crippen LogP contribution in [0.4, 0.5) is 0 Å². The monoisotopic (exact) mass is 249 g/mol. The number of nitrogens with one attached hydrogen (secondary N) is 1. The number of nitrogens with zero attached hydrogens (tertiary/aromatic N) is 1. The number of ether oxygens (including phenoxy) is 1. The van der Waals surface area contributed by atoms with E-state index in [4.69, 9.17) is 10.5 Å². The Kier molecular flexibility index (Phi) is 2.74. The Hall–Kier alpha value is -1.17. The lowest BCUT2D eigenvalue weighted by Gasteiger charge is -2.39. The molecule has 17 heavy (non-hydrogen) atoms. The van der Waals surface area contributed by atoms with Crippen LogP contribution in [0.2, 0.25) is 0 Å². The Labute approximate surface area is 104 Å². The molecule has 0 aromatic carbocycles. The zero-order valence-corrected chi connectivity index (χ0v) is 10.3. The van der Waals surface area contributed by atoms with E-state index in [0.717, 1.165) is 35.9 Å². The maximum absolute atomic E-state index is 5.81. The van der Waals surface area contributed by atoms with Gasteiger partial charge in [-0.25, -0.2) is 4.98 Å². The quantitative estimate of drug-likeness (QED) is 0.866. The number of thiazole rings is 1. The Morgan fingerprint density at radius 2 is 2.41 bits per heavy atom. The van der Waals surface area contributed by atoms with Crippen LogP contribution in [-0.4, -0.2) is 29.7 Å². The lowest BCUT2D eigenvalue weighted by molar-refractivity contribution is -0.106. The van der Waals surface area contributed by atoms with Crippen molar-refractivity contribution in [3.8, 4) is 11.3 Å². The van der Waals surface area contributed by atoms with Crippen LogP contribution >= 0.6 is 11.3 Å². The van der Waals surface area contributed by atoms with Gasteiger partial charge in [0.1, 0.15) is 0 Å². The first-order chi connectivity index (χ1) is 8.31. The molecule has 1 fully saturated rings. The van der Waals surface area contributed by atoms with Crippen LogP contribution in [0, 0.1) is 5.41 Å². The Bertz CT molecular complexity index is 482. The summed E-state index contributed by atoms with van der Waals surface area (Å²) in [7, 11) is 0. The highest BCUT2D eigenvalue weighted by Gasteiger charge is 2.38. The lowest BCUT2D eigenvalue weighted by Crippen LogP contribution is -2.49. The molecule has 0 spiro atoms. The number of nitrogens with two attached hydrogens (primary N) is 1. The molecule has 3 rings (SSSR count). The van der Waals surface area contributed by atoms with Crippen LogP contribution < -0.4 is 5.73 Å². The first-order valence-corrected chi connectivity index (χ1v) is 6.55. The number of aromatic nitrogens is 2. The molecule has 0 unspecified atom stereocenters. The minimum absolute atomic E-state index is 0.132. The van der Waals surface area contributed by atoms with Gasteiger partial charge in [-0.2, -0.15) is 0 Å². The van der Waals surface area contributed by atoms with Crippen molar-refractivity contribution in [3.05, 3.63) is 28.8 Å². The lowest BCUT2D eigenvalue weighted by atomic mass is 9.83. The Balaban J connectivity index is 1.77. The fraction of sp³-hybridized carbons (Fsp3) is 0.417. The minimum Gasteiger partial charge on any atom is -0.380 e. The van der Waals surface area contributed by atoms with Crippen LogP contribution in [0.1, 0.15) is 5.01 Å². The van der Waals surface area contributed by atoms with E-state index in [0.29, 0.717) is 6.54 Å². The maximum Gasteiger partial charge on any atom is 0.0940 e. The van der Waals surface area contributed by atoms with Gasteiger partial charge < -0.3 is 15.5 Å². The molecule has 0 radical (unpaired) electrons. The van der Waals surface area contributed by atoms with Gasteiger partial charge in [0.2, 0.25) is 0 Å². The molecule has 0 saturated carbocycles. The normalized spacial score (nSPS) is 17.9. The summed E-state index contributed by atoms with van der Waals surface area (Å²) in [6.07, 6.45) is 4.80. The van der Waals surface area contributed by atoms with E-state index in [1.165, 1.54) is 0 Å². The van der Waals surface area contributed by atoms with Gasteiger partial charge in [0, 0.05) is 41.7 Å².